The molecular weight excluding hydrogens is 326 g/mol. The maximum atomic E-state index is 13.3. The van der Waals surface area contributed by atoms with Crippen molar-refractivity contribution in [3.05, 3.63) is 89.0 Å². The highest BCUT2D eigenvalue weighted by Crippen LogP contribution is 2.49. The van der Waals surface area contributed by atoms with Gasteiger partial charge in [-0.3, -0.25) is 4.79 Å². The fraction of sp³-hybridized carbons (Fsp3) is 0.136. The predicted molar refractivity (Wildman–Crippen MR) is 101 cm³/mol. The van der Waals surface area contributed by atoms with E-state index in [4.69, 9.17) is 4.74 Å². The van der Waals surface area contributed by atoms with Gasteiger partial charge in [-0.05, 0) is 47.9 Å². The molecule has 130 valence electrons. The Hall–Kier alpha value is -3.27. The molecule has 4 heteroatoms. The number of ether oxygens (including phenoxy) is 1. The molecule has 0 saturated heterocycles. The van der Waals surface area contributed by atoms with Gasteiger partial charge in [0.05, 0.1) is 7.11 Å². The van der Waals surface area contributed by atoms with Crippen LogP contribution in [0.2, 0.25) is 0 Å². The largest absolute Gasteiger partial charge is 0.508 e. The predicted octanol–water partition coefficient (Wildman–Crippen LogP) is 4.00. The minimum Gasteiger partial charge on any atom is -0.508 e. The number of fused-ring (bicyclic) bond motifs is 1. The zero-order chi connectivity index (χ0) is 18.3. The van der Waals surface area contributed by atoms with Gasteiger partial charge in [-0.25, -0.2) is 0 Å². The van der Waals surface area contributed by atoms with Crippen LogP contribution in [0.25, 0.3) is 0 Å². The molecule has 1 atom stereocenters. The molecule has 1 amide bonds. The van der Waals surface area contributed by atoms with E-state index in [2.05, 4.69) is 5.32 Å². The first kappa shape index (κ1) is 16.2. The minimum absolute atomic E-state index is 0.0994. The molecule has 3 aromatic rings. The van der Waals surface area contributed by atoms with Crippen molar-refractivity contribution in [2.75, 3.05) is 12.4 Å². The second-order valence-electron chi connectivity index (χ2n) is 6.48. The third-order valence-corrected chi connectivity index (χ3v) is 5.08. The van der Waals surface area contributed by atoms with E-state index in [0.717, 1.165) is 33.7 Å². The van der Waals surface area contributed by atoms with Crippen LogP contribution in [-0.4, -0.2) is 18.1 Å². The second-order valence-corrected chi connectivity index (χ2v) is 6.48. The number of para-hydroxylation sites is 1. The molecule has 3 aromatic carbocycles. The van der Waals surface area contributed by atoms with Gasteiger partial charge in [0, 0.05) is 11.3 Å². The third kappa shape index (κ3) is 2.19. The van der Waals surface area contributed by atoms with Crippen molar-refractivity contribution in [3.8, 4) is 11.5 Å². The molecule has 0 saturated carbocycles. The lowest BCUT2D eigenvalue weighted by molar-refractivity contribution is -0.118. The molecule has 0 fully saturated rings. The number of anilines is 1. The molecule has 1 aliphatic rings. The Morgan fingerprint density at radius 3 is 2.15 bits per heavy atom. The van der Waals surface area contributed by atoms with Crippen LogP contribution in [0.4, 0.5) is 5.69 Å². The van der Waals surface area contributed by atoms with Crippen molar-refractivity contribution >= 4 is 11.6 Å². The summed E-state index contributed by atoms with van der Waals surface area (Å²) in [5.74, 6) is 0.802. The molecule has 2 N–H and O–H groups in total. The molecule has 0 bridgehead atoms. The summed E-state index contributed by atoms with van der Waals surface area (Å²) in [4.78, 5) is 13.3. The number of methoxy groups -OCH3 is 1. The lowest BCUT2D eigenvalue weighted by Crippen LogP contribution is -2.36. The van der Waals surface area contributed by atoms with Crippen LogP contribution in [-0.2, 0) is 10.2 Å². The number of hydrogen-bond acceptors (Lipinski definition) is 3. The molecule has 0 radical (unpaired) electrons. The Morgan fingerprint density at radius 2 is 1.54 bits per heavy atom. The zero-order valence-electron chi connectivity index (χ0n) is 14.6. The maximum absolute atomic E-state index is 13.3. The highest BCUT2D eigenvalue weighted by Gasteiger charge is 2.50. The monoisotopic (exact) mass is 345 g/mol. The normalized spacial score (nSPS) is 18.3. The Balaban J connectivity index is 2.04. The van der Waals surface area contributed by atoms with E-state index in [1.165, 1.54) is 0 Å². The average molecular weight is 345 g/mol. The molecule has 0 aliphatic carbocycles. The number of rotatable bonds is 3. The summed E-state index contributed by atoms with van der Waals surface area (Å²) in [6, 6.07) is 20.3. The number of carbonyl (C=O) groups is 1. The van der Waals surface area contributed by atoms with Crippen LogP contribution in [0.5, 0.6) is 11.5 Å². The lowest BCUT2D eigenvalue weighted by atomic mass is 9.70. The molecular formula is C22H19NO3. The van der Waals surface area contributed by atoms with E-state index in [-0.39, 0.29) is 11.7 Å². The van der Waals surface area contributed by atoms with E-state index in [1.54, 1.807) is 31.4 Å². The fourth-order valence-corrected chi connectivity index (χ4v) is 3.77. The average Bonchev–Trinajstić information content (AvgIpc) is 2.97. The number of hydrogen-bond donors (Lipinski definition) is 2. The van der Waals surface area contributed by atoms with Crippen molar-refractivity contribution < 1.29 is 14.6 Å². The van der Waals surface area contributed by atoms with Crippen LogP contribution < -0.4 is 10.1 Å². The molecule has 1 aliphatic heterocycles. The number of phenols is 1. The first-order valence-electron chi connectivity index (χ1n) is 8.43. The summed E-state index contributed by atoms with van der Waals surface area (Å²) in [6.45, 7) is 1.99. The van der Waals surface area contributed by atoms with Crippen LogP contribution in [0.3, 0.4) is 0 Å². The minimum atomic E-state index is -0.971. The number of aromatic hydroxyl groups is 1. The molecule has 0 spiro atoms. The Morgan fingerprint density at radius 1 is 0.923 bits per heavy atom. The van der Waals surface area contributed by atoms with Crippen LogP contribution >= 0.6 is 0 Å². The van der Waals surface area contributed by atoms with Gasteiger partial charge in [0.15, 0.2) is 0 Å². The van der Waals surface area contributed by atoms with Gasteiger partial charge in [0.25, 0.3) is 0 Å². The Kier molecular flexibility index (Phi) is 3.69. The van der Waals surface area contributed by atoms with Crippen LogP contribution in [0.1, 0.15) is 22.3 Å². The summed E-state index contributed by atoms with van der Waals surface area (Å²) in [7, 11) is 1.62. The van der Waals surface area contributed by atoms with Gasteiger partial charge >= 0.3 is 0 Å². The highest BCUT2D eigenvalue weighted by atomic mass is 16.5. The van der Waals surface area contributed by atoms with Gasteiger partial charge in [-0.15, -0.1) is 0 Å². The van der Waals surface area contributed by atoms with Gasteiger partial charge in [0.1, 0.15) is 16.9 Å². The molecule has 26 heavy (non-hydrogen) atoms. The first-order chi connectivity index (χ1) is 12.6. The smallest absolute Gasteiger partial charge is 0.244 e. The summed E-state index contributed by atoms with van der Waals surface area (Å²) >= 11 is 0. The van der Waals surface area contributed by atoms with Crippen molar-refractivity contribution in [1.29, 1.82) is 0 Å². The van der Waals surface area contributed by atoms with Crippen LogP contribution in [0.15, 0.2) is 66.7 Å². The van der Waals surface area contributed by atoms with Gasteiger partial charge in [-0.1, -0.05) is 42.5 Å². The maximum Gasteiger partial charge on any atom is 0.244 e. The molecule has 4 nitrogen and oxygen atoms in total. The van der Waals surface area contributed by atoms with Crippen molar-refractivity contribution in [2.24, 2.45) is 0 Å². The highest BCUT2D eigenvalue weighted by molar-refractivity contribution is 6.12. The lowest BCUT2D eigenvalue weighted by Gasteiger charge is -2.29. The first-order valence-corrected chi connectivity index (χ1v) is 8.43. The van der Waals surface area contributed by atoms with E-state index in [9.17, 15) is 9.90 Å². The quantitative estimate of drug-likeness (QED) is 0.754. The molecule has 4 rings (SSSR count). The SMILES string of the molecule is COc1ccc(C2(c3ccc(O)cc3)C(=O)Nc3c(C)cccc32)cc1. The zero-order valence-corrected chi connectivity index (χ0v) is 14.6. The van der Waals surface area contributed by atoms with Crippen LogP contribution in [0, 0.1) is 6.92 Å². The van der Waals surface area contributed by atoms with E-state index in [0.29, 0.717) is 0 Å². The fourth-order valence-electron chi connectivity index (χ4n) is 3.77. The second kappa shape index (κ2) is 5.92. The van der Waals surface area contributed by atoms with E-state index < -0.39 is 5.41 Å². The number of aryl methyl sites for hydroxylation is 1. The van der Waals surface area contributed by atoms with Gasteiger partial charge in [-0.2, -0.15) is 0 Å². The number of phenolic OH excluding ortho intramolecular Hbond substituents is 1. The molecule has 1 unspecified atom stereocenters. The van der Waals surface area contributed by atoms with Gasteiger partial charge < -0.3 is 15.2 Å². The molecule has 0 aromatic heterocycles. The van der Waals surface area contributed by atoms with Crippen molar-refractivity contribution in [3.63, 3.8) is 0 Å². The Bertz CT molecular complexity index is 977. The van der Waals surface area contributed by atoms with E-state index >= 15 is 0 Å². The third-order valence-electron chi connectivity index (χ3n) is 5.08. The number of nitrogens with one attached hydrogen (secondary N) is 1. The summed E-state index contributed by atoms with van der Waals surface area (Å²) in [6.07, 6.45) is 0. The number of amides is 1. The number of carbonyl (C=O) groups excluding carboxylic acids is 1. The topological polar surface area (TPSA) is 58.6 Å². The Labute approximate surface area is 152 Å². The molecule has 1 heterocycles. The van der Waals surface area contributed by atoms with E-state index in [1.807, 2.05) is 49.4 Å². The summed E-state index contributed by atoms with van der Waals surface area (Å²) in [5, 5.41) is 12.8. The van der Waals surface area contributed by atoms with Gasteiger partial charge in [0.2, 0.25) is 5.91 Å². The summed E-state index contributed by atoms with van der Waals surface area (Å²) in [5.41, 5.74) is 3.47. The standard InChI is InChI=1S/C22H19NO3/c1-14-4-3-5-19-20(14)23-21(25)22(19,15-6-10-17(24)11-7-15)16-8-12-18(26-2)13-9-16/h3-13,24H,1-2H3,(H,23,25). The summed E-state index contributed by atoms with van der Waals surface area (Å²) < 4.78 is 5.27. The van der Waals surface area contributed by atoms with Crippen molar-refractivity contribution in [2.45, 2.75) is 12.3 Å². The number of benzene rings is 3. The van der Waals surface area contributed by atoms with Crippen molar-refractivity contribution in [1.82, 2.24) is 0 Å².